The molecule has 0 aromatic heterocycles. The van der Waals surface area contributed by atoms with Crippen LogP contribution in [0.15, 0.2) is 84.9 Å². The molecule has 0 spiro atoms. The van der Waals surface area contributed by atoms with Gasteiger partial charge in [-0.1, -0.05) is 66.5 Å². The Balaban J connectivity index is 0.000000192. The summed E-state index contributed by atoms with van der Waals surface area (Å²) < 4.78 is 0. The molecule has 0 unspecified atom stereocenters. The molecule has 0 aliphatic rings. The minimum Gasteiger partial charge on any atom is -0.508 e. The van der Waals surface area contributed by atoms with Gasteiger partial charge in [0.15, 0.2) is 0 Å². The first-order valence-corrected chi connectivity index (χ1v) is 11.5. The van der Waals surface area contributed by atoms with Gasteiger partial charge in [-0.15, -0.1) is 0 Å². The normalized spacial score (nSPS) is 10.6. The highest BCUT2D eigenvalue weighted by Crippen LogP contribution is 2.36. The van der Waals surface area contributed by atoms with Crippen LogP contribution in [0.3, 0.4) is 0 Å². The van der Waals surface area contributed by atoms with E-state index in [0.29, 0.717) is 21.5 Å². The Bertz CT molecular complexity index is 1130. The van der Waals surface area contributed by atoms with Gasteiger partial charge < -0.3 is 20.4 Å². The Morgan fingerprint density at radius 3 is 1.18 bits per heavy atom. The summed E-state index contributed by atoms with van der Waals surface area (Å²) in [6, 6.07) is 24.2. The molecule has 4 aromatic rings. The van der Waals surface area contributed by atoms with Crippen molar-refractivity contribution in [3.05, 3.63) is 117 Å². The maximum atomic E-state index is 9.34. The van der Waals surface area contributed by atoms with Crippen LogP contribution in [-0.4, -0.2) is 20.4 Å². The average Bonchev–Trinajstić information content (AvgIpc) is 2.80. The van der Waals surface area contributed by atoms with E-state index in [1.165, 1.54) is 23.3 Å². The first kappa shape index (κ1) is 25.3. The lowest BCUT2D eigenvalue weighted by Gasteiger charge is -2.16. The Morgan fingerprint density at radius 1 is 0.529 bits per heavy atom. The molecule has 0 saturated heterocycles. The van der Waals surface area contributed by atoms with Crippen LogP contribution < -0.4 is 0 Å². The summed E-state index contributed by atoms with van der Waals surface area (Å²) >= 11 is 12.2. The number of hydrogen-bond acceptors (Lipinski definition) is 4. The Kier molecular flexibility index (Phi) is 8.69. The number of rotatable bonds is 5. The number of benzene rings is 4. The molecule has 4 aromatic carbocycles. The molecule has 6 heteroatoms. The maximum Gasteiger partial charge on any atom is 0.117 e. The van der Waals surface area contributed by atoms with Crippen molar-refractivity contribution in [2.75, 3.05) is 0 Å². The van der Waals surface area contributed by atoms with Gasteiger partial charge in [-0.05, 0) is 83.6 Å². The standard InChI is InChI=1S/C14H12Cl2O2.C14H14O2/c1-8(11-4-2-9(17)6-13(11)15)12-5-3-10(18)7-14(12)16;15-13-7-3-11(4-8-13)1-2-12-5-9-14(16)10-6-12/h2-8,17-18H,1H3;3-10,15-16H,1-2H2. The molecule has 4 rings (SSSR count). The summed E-state index contributed by atoms with van der Waals surface area (Å²) in [5.41, 5.74) is 4.15. The third-order valence-corrected chi connectivity index (χ3v) is 6.13. The van der Waals surface area contributed by atoms with Gasteiger partial charge in [0, 0.05) is 16.0 Å². The molecule has 0 aliphatic heterocycles. The summed E-state index contributed by atoms with van der Waals surface area (Å²) in [5, 5.41) is 37.9. The molecule has 4 N–H and O–H groups in total. The summed E-state index contributed by atoms with van der Waals surface area (Å²) in [6.07, 6.45) is 1.87. The summed E-state index contributed by atoms with van der Waals surface area (Å²) in [5.74, 6) is 0.841. The van der Waals surface area contributed by atoms with E-state index in [9.17, 15) is 10.2 Å². The number of hydrogen-bond donors (Lipinski definition) is 4. The molecule has 0 aliphatic carbocycles. The fraction of sp³-hybridized carbons (Fsp3) is 0.143. The smallest absolute Gasteiger partial charge is 0.117 e. The Hall–Kier alpha value is -3.34. The second kappa shape index (κ2) is 11.7. The van der Waals surface area contributed by atoms with E-state index in [-0.39, 0.29) is 17.4 Å². The van der Waals surface area contributed by atoms with Gasteiger partial charge >= 0.3 is 0 Å². The number of halogens is 2. The van der Waals surface area contributed by atoms with E-state index in [2.05, 4.69) is 0 Å². The quantitative estimate of drug-likeness (QED) is 0.231. The second-order valence-corrected chi connectivity index (χ2v) is 8.78. The van der Waals surface area contributed by atoms with E-state index in [0.717, 1.165) is 24.0 Å². The maximum absolute atomic E-state index is 9.34. The van der Waals surface area contributed by atoms with E-state index >= 15 is 0 Å². The number of aryl methyl sites for hydroxylation is 2. The van der Waals surface area contributed by atoms with Gasteiger partial charge in [0.1, 0.15) is 23.0 Å². The highest BCUT2D eigenvalue weighted by Gasteiger charge is 2.15. The number of phenolic OH excluding ortho intramolecular Hbond substituents is 4. The van der Waals surface area contributed by atoms with Crippen LogP contribution >= 0.6 is 23.2 Å². The van der Waals surface area contributed by atoms with Crippen molar-refractivity contribution in [1.29, 1.82) is 0 Å². The lowest BCUT2D eigenvalue weighted by atomic mass is 9.93. The summed E-state index contributed by atoms with van der Waals surface area (Å²) in [7, 11) is 0. The van der Waals surface area contributed by atoms with Crippen molar-refractivity contribution in [2.45, 2.75) is 25.7 Å². The van der Waals surface area contributed by atoms with Crippen molar-refractivity contribution in [3.63, 3.8) is 0 Å². The molecule has 176 valence electrons. The molecule has 0 heterocycles. The highest BCUT2D eigenvalue weighted by molar-refractivity contribution is 6.32. The van der Waals surface area contributed by atoms with E-state index in [1.807, 2.05) is 31.2 Å². The van der Waals surface area contributed by atoms with Crippen LogP contribution in [0.4, 0.5) is 0 Å². The third kappa shape index (κ3) is 7.08. The van der Waals surface area contributed by atoms with Crippen molar-refractivity contribution < 1.29 is 20.4 Å². The molecule has 0 saturated carbocycles. The van der Waals surface area contributed by atoms with Crippen LogP contribution in [-0.2, 0) is 12.8 Å². The third-order valence-electron chi connectivity index (χ3n) is 5.48. The fourth-order valence-electron chi connectivity index (χ4n) is 3.52. The molecular formula is C28H26Cl2O4. The first-order valence-electron chi connectivity index (χ1n) is 10.8. The van der Waals surface area contributed by atoms with Gasteiger partial charge in [-0.3, -0.25) is 0 Å². The monoisotopic (exact) mass is 496 g/mol. The molecule has 0 atom stereocenters. The molecular weight excluding hydrogens is 471 g/mol. The van der Waals surface area contributed by atoms with E-state index in [1.54, 1.807) is 48.5 Å². The summed E-state index contributed by atoms with van der Waals surface area (Å²) in [6.45, 7) is 1.97. The molecule has 34 heavy (non-hydrogen) atoms. The van der Waals surface area contributed by atoms with Crippen molar-refractivity contribution in [2.24, 2.45) is 0 Å². The van der Waals surface area contributed by atoms with Crippen LogP contribution in [0, 0.1) is 0 Å². The molecule has 0 radical (unpaired) electrons. The van der Waals surface area contributed by atoms with Gasteiger partial charge in [-0.2, -0.15) is 0 Å². The topological polar surface area (TPSA) is 80.9 Å². The van der Waals surface area contributed by atoms with Gasteiger partial charge in [0.25, 0.3) is 0 Å². The number of phenols is 4. The molecule has 0 amide bonds. The SMILES string of the molecule is CC(c1ccc(O)cc1Cl)c1ccc(O)cc1Cl.Oc1ccc(CCc2ccc(O)cc2)cc1. The zero-order chi connectivity index (χ0) is 24.7. The Morgan fingerprint density at radius 2 is 0.853 bits per heavy atom. The van der Waals surface area contributed by atoms with Gasteiger partial charge in [0.2, 0.25) is 0 Å². The first-order chi connectivity index (χ1) is 16.2. The highest BCUT2D eigenvalue weighted by atomic mass is 35.5. The van der Waals surface area contributed by atoms with Crippen molar-refractivity contribution in [1.82, 2.24) is 0 Å². The fourth-order valence-corrected chi connectivity index (χ4v) is 4.19. The molecule has 0 bridgehead atoms. The van der Waals surface area contributed by atoms with Crippen LogP contribution in [0.25, 0.3) is 0 Å². The predicted molar refractivity (Wildman–Crippen MR) is 137 cm³/mol. The summed E-state index contributed by atoms with van der Waals surface area (Å²) in [4.78, 5) is 0. The van der Waals surface area contributed by atoms with Crippen LogP contribution in [0.2, 0.25) is 10.0 Å². The zero-order valence-corrected chi connectivity index (χ0v) is 20.1. The lowest BCUT2D eigenvalue weighted by molar-refractivity contribution is 0.474. The second-order valence-electron chi connectivity index (χ2n) is 7.97. The minimum atomic E-state index is -0.0220. The van der Waals surface area contributed by atoms with Gasteiger partial charge in [0.05, 0.1) is 0 Å². The van der Waals surface area contributed by atoms with Crippen LogP contribution in [0.5, 0.6) is 23.0 Å². The Labute approximate surface area is 209 Å². The van der Waals surface area contributed by atoms with Crippen LogP contribution in [0.1, 0.15) is 35.1 Å². The minimum absolute atomic E-state index is 0.0220. The average molecular weight is 497 g/mol. The lowest BCUT2D eigenvalue weighted by Crippen LogP contribution is -1.97. The number of aromatic hydroxyl groups is 4. The molecule has 0 fully saturated rings. The van der Waals surface area contributed by atoms with E-state index in [4.69, 9.17) is 33.4 Å². The van der Waals surface area contributed by atoms with E-state index < -0.39 is 0 Å². The largest absolute Gasteiger partial charge is 0.508 e. The van der Waals surface area contributed by atoms with Gasteiger partial charge in [-0.25, -0.2) is 0 Å². The van der Waals surface area contributed by atoms with Crippen molar-refractivity contribution in [3.8, 4) is 23.0 Å². The predicted octanol–water partition coefficient (Wildman–Crippen LogP) is 7.44. The zero-order valence-electron chi connectivity index (χ0n) is 18.6. The molecule has 4 nitrogen and oxygen atoms in total. The van der Waals surface area contributed by atoms with Crippen molar-refractivity contribution >= 4 is 23.2 Å².